The molecule has 9 nitrogen and oxygen atoms in total. The fourth-order valence-corrected chi connectivity index (χ4v) is 4.71. The molecule has 2 aromatic carbocycles. The molecule has 2 aliphatic rings. The molecule has 0 radical (unpaired) electrons. The summed E-state index contributed by atoms with van der Waals surface area (Å²) in [4.78, 5) is 42.4. The predicted octanol–water partition coefficient (Wildman–Crippen LogP) is 3.37. The molecule has 0 bridgehead atoms. The fraction of sp³-hybridized carbons (Fsp3) is 0.440. The first-order valence-corrected chi connectivity index (χ1v) is 11.9. The number of nitro benzene ring substituents is 1. The average Bonchev–Trinajstić information content (AvgIpc) is 2.85. The van der Waals surface area contributed by atoms with Gasteiger partial charge in [0.15, 0.2) is 0 Å². The number of hydrogen-bond donors (Lipinski definition) is 1. The molecule has 1 atom stereocenters. The van der Waals surface area contributed by atoms with Gasteiger partial charge in [0.05, 0.1) is 11.5 Å². The van der Waals surface area contributed by atoms with E-state index < -0.39 is 4.92 Å². The Bertz CT molecular complexity index is 1090. The van der Waals surface area contributed by atoms with Gasteiger partial charge in [0.2, 0.25) is 5.91 Å². The maximum Gasteiger partial charge on any atom is 0.293 e. The molecule has 1 unspecified atom stereocenters. The molecule has 186 valence electrons. The van der Waals surface area contributed by atoms with Gasteiger partial charge in [-0.15, -0.1) is 0 Å². The molecule has 0 aliphatic carbocycles. The van der Waals surface area contributed by atoms with E-state index in [1.54, 1.807) is 17.0 Å². The highest BCUT2D eigenvalue weighted by Gasteiger charge is 2.28. The number of rotatable bonds is 6. The van der Waals surface area contributed by atoms with Crippen molar-refractivity contribution in [1.29, 1.82) is 0 Å². The van der Waals surface area contributed by atoms with E-state index in [1.165, 1.54) is 30.3 Å². The van der Waals surface area contributed by atoms with Crippen LogP contribution in [0.2, 0.25) is 0 Å². The van der Waals surface area contributed by atoms with Crippen LogP contribution in [0.5, 0.6) is 0 Å². The molecule has 10 heteroatoms. The minimum atomic E-state index is -0.414. The zero-order valence-corrected chi connectivity index (χ0v) is 19.8. The second-order valence-corrected chi connectivity index (χ2v) is 9.28. The Kier molecular flexibility index (Phi) is 7.60. The standard InChI is InChI=1S/C25H30FN5O4/c1-18-3-2-10-30(16-18)22-9-4-19(15-23(22)31(34)35)25(33)29-13-11-28(12-14-29)17-24(32)27-21-7-5-20(26)6-8-21/h4-9,15,18H,2-3,10-14,16-17H2,1H3,(H,27,32). The Labute approximate surface area is 203 Å². The molecular formula is C25H30FN5O4. The third-order valence-electron chi connectivity index (χ3n) is 6.57. The highest BCUT2D eigenvalue weighted by molar-refractivity contribution is 5.96. The summed E-state index contributed by atoms with van der Waals surface area (Å²) in [5, 5.41) is 14.5. The van der Waals surface area contributed by atoms with Crippen molar-refractivity contribution in [3.05, 3.63) is 64.0 Å². The van der Waals surface area contributed by atoms with E-state index >= 15 is 0 Å². The third kappa shape index (κ3) is 6.13. The first-order valence-electron chi connectivity index (χ1n) is 11.9. The number of carbonyl (C=O) groups excluding carboxylic acids is 2. The van der Waals surface area contributed by atoms with E-state index in [-0.39, 0.29) is 29.9 Å². The van der Waals surface area contributed by atoms with Crippen LogP contribution >= 0.6 is 0 Å². The van der Waals surface area contributed by atoms with E-state index in [1.807, 2.05) is 9.80 Å². The number of hydrogen-bond acceptors (Lipinski definition) is 6. The zero-order valence-electron chi connectivity index (χ0n) is 19.8. The molecular weight excluding hydrogens is 453 g/mol. The number of piperazine rings is 1. The van der Waals surface area contributed by atoms with Crippen LogP contribution in [0, 0.1) is 21.8 Å². The number of halogens is 1. The molecule has 2 fully saturated rings. The van der Waals surface area contributed by atoms with Crippen LogP contribution < -0.4 is 10.2 Å². The van der Waals surface area contributed by atoms with Crippen LogP contribution in [0.1, 0.15) is 30.1 Å². The molecule has 0 spiro atoms. The molecule has 35 heavy (non-hydrogen) atoms. The van der Waals surface area contributed by atoms with E-state index in [9.17, 15) is 24.1 Å². The zero-order chi connectivity index (χ0) is 24.9. The lowest BCUT2D eigenvalue weighted by molar-refractivity contribution is -0.384. The molecule has 2 aliphatic heterocycles. The molecule has 2 aromatic rings. The number of carbonyl (C=O) groups is 2. The summed E-state index contributed by atoms with van der Waals surface area (Å²) in [6, 6.07) is 10.3. The largest absolute Gasteiger partial charge is 0.366 e. The summed E-state index contributed by atoms with van der Waals surface area (Å²) in [6.07, 6.45) is 2.10. The summed E-state index contributed by atoms with van der Waals surface area (Å²) in [7, 11) is 0. The first kappa shape index (κ1) is 24.6. The van der Waals surface area contributed by atoms with Gasteiger partial charge < -0.3 is 15.1 Å². The number of piperidine rings is 1. The normalized spacial score (nSPS) is 18.9. The maximum atomic E-state index is 13.1. The van der Waals surface area contributed by atoms with Crippen molar-refractivity contribution in [3.63, 3.8) is 0 Å². The SMILES string of the molecule is CC1CCCN(c2ccc(C(=O)N3CCN(CC(=O)Nc4ccc(F)cc4)CC3)cc2[N+](=O)[O-])C1. The Balaban J connectivity index is 1.34. The lowest BCUT2D eigenvalue weighted by atomic mass is 9.99. The lowest BCUT2D eigenvalue weighted by Gasteiger charge is -2.34. The minimum absolute atomic E-state index is 0.0407. The first-order chi connectivity index (χ1) is 16.8. The molecule has 2 saturated heterocycles. The van der Waals surface area contributed by atoms with Gasteiger partial charge in [-0.25, -0.2) is 4.39 Å². The molecule has 1 N–H and O–H groups in total. The van der Waals surface area contributed by atoms with Crippen LogP contribution in [0.3, 0.4) is 0 Å². The van der Waals surface area contributed by atoms with Crippen molar-refractivity contribution in [1.82, 2.24) is 9.80 Å². The van der Waals surface area contributed by atoms with Gasteiger partial charge in [0.1, 0.15) is 11.5 Å². The van der Waals surface area contributed by atoms with E-state index in [0.717, 1.165) is 25.9 Å². The van der Waals surface area contributed by atoms with E-state index in [4.69, 9.17) is 0 Å². The Morgan fingerprint density at radius 2 is 1.80 bits per heavy atom. The minimum Gasteiger partial charge on any atom is -0.366 e. The van der Waals surface area contributed by atoms with Crippen molar-refractivity contribution >= 4 is 28.9 Å². The van der Waals surface area contributed by atoms with Crippen molar-refractivity contribution in [2.75, 3.05) is 56.0 Å². The maximum absolute atomic E-state index is 13.1. The smallest absolute Gasteiger partial charge is 0.293 e. The van der Waals surface area contributed by atoms with Gasteiger partial charge in [-0.05, 0) is 55.2 Å². The van der Waals surface area contributed by atoms with Crippen LogP contribution in [0.15, 0.2) is 42.5 Å². The second kappa shape index (κ2) is 10.8. The number of nitrogens with one attached hydrogen (secondary N) is 1. The molecule has 0 aromatic heterocycles. The highest BCUT2D eigenvalue weighted by Crippen LogP contribution is 2.32. The molecule has 4 rings (SSSR count). The summed E-state index contributed by atoms with van der Waals surface area (Å²) < 4.78 is 13.0. The monoisotopic (exact) mass is 483 g/mol. The van der Waals surface area contributed by atoms with E-state index in [2.05, 4.69) is 12.2 Å². The quantitative estimate of drug-likeness (QED) is 0.500. The van der Waals surface area contributed by atoms with Crippen molar-refractivity contribution in [2.24, 2.45) is 5.92 Å². The van der Waals surface area contributed by atoms with Gasteiger partial charge in [-0.1, -0.05) is 6.92 Å². The average molecular weight is 484 g/mol. The van der Waals surface area contributed by atoms with Crippen molar-refractivity contribution < 1.29 is 18.9 Å². The Hall–Kier alpha value is -3.53. The molecule has 0 saturated carbocycles. The molecule has 2 amide bonds. The fourth-order valence-electron chi connectivity index (χ4n) is 4.71. The number of amides is 2. The van der Waals surface area contributed by atoms with Crippen molar-refractivity contribution in [2.45, 2.75) is 19.8 Å². The number of benzene rings is 2. The lowest BCUT2D eigenvalue weighted by Crippen LogP contribution is -2.50. The second-order valence-electron chi connectivity index (χ2n) is 9.28. The molecule has 2 heterocycles. The number of anilines is 2. The topological polar surface area (TPSA) is 99.0 Å². The summed E-state index contributed by atoms with van der Waals surface area (Å²) in [5.41, 5.74) is 1.35. The summed E-state index contributed by atoms with van der Waals surface area (Å²) in [5.74, 6) is -0.361. The number of nitrogens with zero attached hydrogens (tertiary/aromatic N) is 4. The third-order valence-corrected chi connectivity index (χ3v) is 6.57. The van der Waals surface area contributed by atoms with E-state index in [0.29, 0.717) is 49.0 Å². The van der Waals surface area contributed by atoms with Gasteiger partial charge in [-0.3, -0.25) is 24.6 Å². The van der Waals surface area contributed by atoms with Gasteiger partial charge in [-0.2, -0.15) is 0 Å². The van der Waals surface area contributed by atoms with Gasteiger partial charge >= 0.3 is 0 Å². The summed E-state index contributed by atoms with van der Waals surface area (Å²) in [6.45, 7) is 5.70. The summed E-state index contributed by atoms with van der Waals surface area (Å²) >= 11 is 0. The highest BCUT2D eigenvalue weighted by atomic mass is 19.1. The Morgan fingerprint density at radius 1 is 1.09 bits per heavy atom. The number of nitro groups is 1. The van der Waals surface area contributed by atoms with Crippen LogP contribution in [-0.2, 0) is 4.79 Å². The van der Waals surface area contributed by atoms with Crippen LogP contribution in [-0.4, -0.2) is 72.4 Å². The van der Waals surface area contributed by atoms with Crippen LogP contribution in [0.4, 0.5) is 21.5 Å². The Morgan fingerprint density at radius 3 is 2.46 bits per heavy atom. The van der Waals surface area contributed by atoms with Gasteiger partial charge in [0, 0.05) is 56.6 Å². The van der Waals surface area contributed by atoms with Crippen LogP contribution in [0.25, 0.3) is 0 Å². The predicted molar refractivity (Wildman–Crippen MR) is 131 cm³/mol. The van der Waals surface area contributed by atoms with Crippen molar-refractivity contribution in [3.8, 4) is 0 Å². The van der Waals surface area contributed by atoms with Gasteiger partial charge in [0.25, 0.3) is 11.6 Å².